The first-order valence-electron chi connectivity index (χ1n) is 5.90. The maximum atomic E-state index is 13.3. The molecule has 0 N–H and O–H groups in total. The molecule has 0 unspecified atom stereocenters. The van der Waals surface area contributed by atoms with Crippen LogP contribution in [0.25, 0.3) is 0 Å². The van der Waals surface area contributed by atoms with Gasteiger partial charge in [0.15, 0.2) is 0 Å². The molecule has 110 valence electrons. The number of nitro benzene ring substituents is 1. The Labute approximate surface area is 130 Å². The van der Waals surface area contributed by atoms with Gasteiger partial charge in [0.05, 0.1) is 10.5 Å². The van der Waals surface area contributed by atoms with Crippen LogP contribution in [0.5, 0.6) is 5.75 Å². The Kier molecular flexibility index (Phi) is 4.98. The average Bonchev–Trinajstić information content (AvgIpc) is 2.44. The number of halogens is 3. The first-order chi connectivity index (χ1) is 9.99. The van der Waals surface area contributed by atoms with Crippen molar-refractivity contribution in [1.82, 2.24) is 0 Å². The van der Waals surface area contributed by atoms with Crippen LogP contribution in [0.15, 0.2) is 36.4 Å². The SMILES string of the molecule is O=[N+]([O-])c1ccc(Cl)cc1COc1cc(F)cc(CCl)c1. The van der Waals surface area contributed by atoms with Gasteiger partial charge in [-0.25, -0.2) is 4.39 Å². The Morgan fingerprint density at radius 2 is 2.00 bits per heavy atom. The lowest BCUT2D eigenvalue weighted by molar-refractivity contribution is -0.385. The van der Waals surface area contributed by atoms with Crippen molar-refractivity contribution in [3.05, 3.63) is 68.5 Å². The topological polar surface area (TPSA) is 52.4 Å². The maximum absolute atomic E-state index is 13.3. The lowest BCUT2D eigenvalue weighted by Crippen LogP contribution is -2.01. The van der Waals surface area contributed by atoms with Crippen molar-refractivity contribution in [2.45, 2.75) is 12.5 Å². The smallest absolute Gasteiger partial charge is 0.276 e. The number of ether oxygens (including phenoxy) is 1. The largest absolute Gasteiger partial charge is 0.489 e. The van der Waals surface area contributed by atoms with Crippen LogP contribution in [-0.2, 0) is 12.5 Å². The summed E-state index contributed by atoms with van der Waals surface area (Å²) in [5, 5.41) is 11.3. The highest BCUT2D eigenvalue weighted by molar-refractivity contribution is 6.30. The molecule has 2 rings (SSSR count). The molecule has 0 spiro atoms. The Bertz CT molecular complexity index is 679. The first-order valence-corrected chi connectivity index (χ1v) is 6.82. The maximum Gasteiger partial charge on any atom is 0.276 e. The zero-order valence-electron chi connectivity index (χ0n) is 10.7. The summed E-state index contributed by atoms with van der Waals surface area (Å²) in [7, 11) is 0. The van der Waals surface area contributed by atoms with Gasteiger partial charge in [0.1, 0.15) is 18.2 Å². The van der Waals surface area contributed by atoms with Gasteiger partial charge >= 0.3 is 0 Å². The summed E-state index contributed by atoms with van der Waals surface area (Å²) in [6, 6.07) is 8.23. The molecule has 0 saturated heterocycles. The highest BCUT2D eigenvalue weighted by atomic mass is 35.5. The number of hydrogen-bond acceptors (Lipinski definition) is 3. The van der Waals surface area contributed by atoms with E-state index >= 15 is 0 Å². The van der Waals surface area contributed by atoms with Crippen LogP contribution < -0.4 is 4.74 Å². The number of alkyl halides is 1. The first kappa shape index (κ1) is 15.5. The van der Waals surface area contributed by atoms with E-state index in [-0.39, 0.29) is 23.9 Å². The predicted octanol–water partition coefficient (Wildman–Crippen LogP) is 4.71. The van der Waals surface area contributed by atoms with Crippen LogP contribution in [0.4, 0.5) is 10.1 Å². The van der Waals surface area contributed by atoms with E-state index in [4.69, 9.17) is 27.9 Å². The summed E-state index contributed by atoms with van der Waals surface area (Å²) < 4.78 is 18.7. The number of nitro groups is 1. The fourth-order valence-electron chi connectivity index (χ4n) is 1.79. The molecule has 4 nitrogen and oxygen atoms in total. The molecular weight excluding hydrogens is 320 g/mol. The molecule has 0 aromatic heterocycles. The summed E-state index contributed by atoms with van der Waals surface area (Å²) in [5.41, 5.74) is 0.768. The summed E-state index contributed by atoms with van der Waals surface area (Å²) >= 11 is 11.5. The minimum absolute atomic E-state index is 0.0952. The van der Waals surface area contributed by atoms with E-state index in [9.17, 15) is 14.5 Å². The van der Waals surface area contributed by atoms with Gasteiger partial charge in [-0.05, 0) is 29.8 Å². The second-order valence-corrected chi connectivity index (χ2v) is 4.95. The molecule has 0 radical (unpaired) electrons. The number of rotatable bonds is 5. The summed E-state index contributed by atoms with van der Waals surface area (Å²) in [5.74, 6) is -0.0884. The van der Waals surface area contributed by atoms with E-state index in [1.54, 1.807) is 6.07 Å². The predicted molar refractivity (Wildman–Crippen MR) is 78.4 cm³/mol. The molecule has 2 aromatic carbocycles. The minimum Gasteiger partial charge on any atom is -0.489 e. The monoisotopic (exact) mass is 329 g/mol. The van der Waals surface area contributed by atoms with Gasteiger partial charge in [-0.2, -0.15) is 0 Å². The molecule has 21 heavy (non-hydrogen) atoms. The third-order valence-corrected chi connectivity index (χ3v) is 3.26. The summed E-state index contributed by atoms with van der Waals surface area (Å²) in [6.07, 6.45) is 0. The second kappa shape index (κ2) is 6.74. The van der Waals surface area contributed by atoms with Crippen molar-refractivity contribution in [3.8, 4) is 5.75 Å². The molecular formula is C14H10Cl2FNO3. The van der Waals surface area contributed by atoms with Gasteiger partial charge in [-0.1, -0.05) is 11.6 Å². The summed E-state index contributed by atoms with van der Waals surface area (Å²) in [6.45, 7) is -0.0952. The van der Waals surface area contributed by atoms with Crippen LogP contribution in [0, 0.1) is 15.9 Å². The molecule has 0 aliphatic rings. The highest BCUT2D eigenvalue weighted by Gasteiger charge is 2.14. The zero-order chi connectivity index (χ0) is 15.4. The van der Waals surface area contributed by atoms with Crippen molar-refractivity contribution < 1.29 is 14.1 Å². The van der Waals surface area contributed by atoms with Crippen LogP contribution in [0.2, 0.25) is 5.02 Å². The third kappa shape index (κ3) is 4.06. The van der Waals surface area contributed by atoms with Crippen LogP contribution in [0.3, 0.4) is 0 Å². The van der Waals surface area contributed by atoms with Gasteiger partial charge in [-0.3, -0.25) is 10.1 Å². The van der Waals surface area contributed by atoms with Gasteiger partial charge < -0.3 is 4.74 Å². The Hall–Kier alpha value is -1.85. The second-order valence-electron chi connectivity index (χ2n) is 4.25. The normalized spacial score (nSPS) is 10.4. The highest BCUT2D eigenvalue weighted by Crippen LogP contribution is 2.25. The third-order valence-electron chi connectivity index (χ3n) is 2.72. The van der Waals surface area contributed by atoms with E-state index in [2.05, 4.69) is 0 Å². The van der Waals surface area contributed by atoms with Crippen molar-refractivity contribution in [3.63, 3.8) is 0 Å². The van der Waals surface area contributed by atoms with Gasteiger partial charge in [-0.15, -0.1) is 11.6 Å². The van der Waals surface area contributed by atoms with Gasteiger partial charge in [0.2, 0.25) is 0 Å². The van der Waals surface area contributed by atoms with E-state index in [0.717, 1.165) is 0 Å². The van der Waals surface area contributed by atoms with Crippen molar-refractivity contribution in [2.75, 3.05) is 0 Å². The number of benzene rings is 2. The molecule has 2 aromatic rings. The quantitative estimate of drug-likeness (QED) is 0.453. The average molecular weight is 330 g/mol. The molecule has 0 heterocycles. The van der Waals surface area contributed by atoms with E-state index in [1.807, 2.05) is 0 Å². The number of hydrogen-bond donors (Lipinski definition) is 0. The van der Waals surface area contributed by atoms with E-state index < -0.39 is 10.7 Å². The Morgan fingerprint density at radius 1 is 1.24 bits per heavy atom. The molecule has 0 aliphatic heterocycles. The minimum atomic E-state index is -0.523. The van der Waals surface area contributed by atoms with Crippen molar-refractivity contribution >= 4 is 28.9 Å². The molecule has 7 heteroatoms. The molecule has 0 fully saturated rings. The Balaban J connectivity index is 2.22. The van der Waals surface area contributed by atoms with E-state index in [0.29, 0.717) is 16.1 Å². The molecule has 0 atom stereocenters. The lowest BCUT2D eigenvalue weighted by Gasteiger charge is -2.08. The Morgan fingerprint density at radius 3 is 2.67 bits per heavy atom. The van der Waals surface area contributed by atoms with Crippen molar-refractivity contribution in [1.29, 1.82) is 0 Å². The standard InChI is InChI=1S/C14H10Cl2FNO3/c15-7-9-3-12(17)6-13(4-9)21-8-10-5-11(16)1-2-14(10)18(19)20/h1-6H,7-8H2. The summed E-state index contributed by atoms with van der Waals surface area (Å²) in [4.78, 5) is 10.4. The fourth-order valence-corrected chi connectivity index (χ4v) is 2.14. The zero-order valence-corrected chi connectivity index (χ0v) is 12.2. The van der Waals surface area contributed by atoms with Crippen molar-refractivity contribution in [2.24, 2.45) is 0 Å². The number of nitrogens with zero attached hydrogens (tertiary/aromatic N) is 1. The van der Waals surface area contributed by atoms with Crippen LogP contribution >= 0.6 is 23.2 Å². The van der Waals surface area contributed by atoms with Crippen LogP contribution in [0.1, 0.15) is 11.1 Å². The molecule has 0 aliphatic carbocycles. The molecule has 0 amide bonds. The fraction of sp³-hybridized carbons (Fsp3) is 0.143. The molecule has 0 saturated carbocycles. The van der Waals surface area contributed by atoms with Gasteiger partial charge in [0.25, 0.3) is 5.69 Å². The molecule has 0 bridgehead atoms. The van der Waals surface area contributed by atoms with Gasteiger partial charge in [0, 0.05) is 23.0 Å². The van der Waals surface area contributed by atoms with Crippen LogP contribution in [-0.4, -0.2) is 4.92 Å². The van der Waals surface area contributed by atoms with E-state index in [1.165, 1.54) is 30.3 Å². The lowest BCUT2D eigenvalue weighted by atomic mass is 10.2.